The summed E-state index contributed by atoms with van der Waals surface area (Å²) in [5.74, 6) is 0.962. The van der Waals surface area contributed by atoms with E-state index in [4.69, 9.17) is 4.52 Å². The summed E-state index contributed by atoms with van der Waals surface area (Å²) in [6.07, 6.45) is 3.71. The van der Waals surface area contributed by atoms with Gasteiger partial charge in [0.2, 0.25) is 5.89 Å². The van der Waals surface area contributed by atoms with Crippen LogP contribution in [0.15, 0.2) is 34.9 Å². The highest BCUT2D eigenvalue weighted by molar-refractivity contribution is 5.94. The van der Waals surface area contributed by atoms with Crippen LogP contribution in [0.5, 0.6) is 0 Å². The maximum absolute atomic E-state index is 12.9. The molecule has 1 aliphatic carbocycles. The summed E-state index contributed by atoms with van der Waals surface area (Å²) in [6, 6.07) is 9.50. The molecule has 1 saturated carbocycles. The minimum absolute atomic E-state index is 0.126. The molecule has 0 unspecified atom stereocenters. The number of carbonyl (C=O) groups excluding carboxylic acids is 1. The Balaban J connectivity index is 1.56. The van der Waals surface area contributed by atoms with Gasteiger partial charge in [0.15, 0.2) is 5.82 Å². The Morgan fingerprint density at radius 2 is 1.85 bits per heavy atom. The zero-order chi connectivity index (χ0) is 19.0. The summed E-state index contributed by atoms with van der Waals surface area (Å²) in [6.45, 7) is 5.74. The lowest BCUT2D eigenvalue weighted by Gasteiger charge is -2.26. The van der Waals surface area contributed by atoms with Crippen LogP contribution in [0.2, 0.25) is 0 Å². The quantitative estimate of drug-likeness (QED) is 0.766. The summed E-state index contributed by atoms with van der Waals surface area (Å²) in [4.78, 5) is 17.3. The fraction of sp³-hybridized carbons (Fsp3) is 0.400. The predicted molar refractivity (Wildman–Crippen MR) is 99.7 cm³/mol. The van der Waals surface area contributed by atoms with E-state index in [-0.39, 0.29) is 5.91 Å². The van der Waals surface area contributed by atoms with Gasteiger partial charge in [-0.05, 0) is 57.0 Å². The molecule has 7 nitrogen and oxygen atoms in total. The fourth-order valence-electron chi connectivity index (χ4n) is 3.81. The highest BCUT2D eigenvalue weighted by Gasteiger charge is 2.41. The van der Waals surface area contributed by atoms with Crippen molar-refractivity contribution in [3.05, 3.63) is 59.0 Å². The summed E-state index contributed by atoms with van der Waals surface area (Å²) in [5.41, 5.74) is 3.02. The molecular weight excluding hydrogens is 342 g/mol. The number of nitrogens with one attached hydrogen (secondary N) is 1. The van der Waals surface area contributed by atoms with Gasteiger partial charge < -0.3 is 9.84 Å². The van der Waals surface area contributed by atoms with Crippen molar-refractivity contribution < 1.29 is 9.32 Å². The Morgan fingerprint density at radius 3 is 2.41 bits per heavy atom. The topological polar surface area (TPSA) is 85.8 Å². The van der Waals surface area contributed by atoms with Gasteiger partial charge in [-0.1, -0.05) is 18.0 Å². The maximum atomic E-state index is 12.9. The molecule has 0 spiro atoms. The second kappa shape index (κ2) is 6.64. The van der Waals surface area contributed by atoms with Crippen molar-refractivity contribution in [1.29, 1.82) is 0 Å². The van der Waals surface area contributed by atoms with Gasteiger partial charge in [0.1, 0.15) is 5.54 Å². The molecule has 1 amide bonds. The largest absolute Gasteiger partial charge is 0.340 e. The first kappa shape index (κ1) is 17.5. The Morgan fingerprint density at radius 1 is 1.15 bits per heavy atom. The lowest BCUT2D eigenvalue weighted by molar-refractivity contribution is 0.0892. The molecule has 1 fully saturated rings. The lowest BCUT2D eigenvalue weighted by atomic mass is 9.96. The number of hydrogen-bond donors (Lipinski definition) is 1. The Bertz CT molecular complexity index is 965. The minimum Gasteiger partial charge on any atom is -0.340 e. The van der Waals surface area contributed by atoms with Crippen molar-refractivity contribution in [2.75, 3.05) is 0 Å². The summed E-state index contributed by atoms with van der Waals surface area (Å²) in [7, 11) is 0. The average Bonchev–Trinajstić information content (AvgIpc) is 3.36. The molecule has 2 heterocycles. The second-order valence-electron chi connectivity index (χ2n) is 7.27. The first-order valence-corrected chi connectivity index (χ1v) is 9.24. The molecule has 1 N–H and O–H groups in total. The van der Waals surface area contributed by atoms with E-state index in [1.807, 2.05) is 48.9 Å². The van der Waals surface area contributed by atoms with Crippen LogP contribution in [-0.2, 0) is 5.54 Å². The smallest absolute Gasteiger partial charge is 0.252 e. The molecule has 0 radical (unpaired) electrons. The van der Waals surface area contributed by atoms with Gasteiger partial charge >= 0.3 is 0 Å². The van der Waals surface area contributed by atoms with Crippen LogP contribution in [0.3, 0.4) is 0 Å². The van der Waals surface area contributed by atoms with E-state index < -0.39 is 5.54 Å². The summed E-state index contributed by atoms with van der Waals surface area (Å²) < 4.78 is 7.02. The summed E-state index contributed by atoms with van der Waals surface area (Å²) >= 11 is 0. The first-order chi connectivity index (χ1) is 13.0. The van der Waals surface area contributed by atoms with Crippen LogP contribution in [0, 0.1) is 20.8 Å². The van der Waals surface area contributed by atoms with Gasteiger partial charge in [0.25, 0.3) is 5.91 Å². The molecular formula is C20H23N5O2. The monoisotopic (exact) mass is 365 g/mol. The molecule has 0 atom stereocenters. The van der Waals surface area contributed by atoms with Crippen LogP contribution in [0.25, 0.3) is 5.69 Å². The van der Waals surface area contributed by atoms with E-state index in [0.29, 0.717) is 17.3 Å². The third kappa shape index (κ3) is 3.25. The Hall–Kier alpha value is -2.96. The van der Waals surface area contributed by atoms with Gasteiger partial charge in [-0.15, -0.1) is 0 Å². The Kier molecular flexibility index (Phi) is 4.30. The summed E-state index contributed by atoms with van der Waals surface area (Å²) in [5, 5.41) is 11.7. The van der Waals surface area contributed by atoms with Crippen LogP contribution < -0.4 is 5.32 Å². The number of aryl methyl sites for hydroxylation is 3. The number of benzene rings is 1. The molecule has 0 saturated heterocycles. The molecule has 2 aromatic heterocycles. The number of amides is 1. The minimum atomic E-state index is -0.538. The highest BCUT2D eigenvalue weighted by Crippen LogP contribution is 2.37. The van der Waals surface area contributed by atoms with E-state index in [0.717, 1.165) is 42.8 Å². The van der Waals surface area contributed by atoms with Crippen molar-refractivity contribution >= 4 is 5.91 Å². The van der Waals surface area contributed by atoms with E-state index in [2.05, 4.69) is 20.6 Å². The van der Waals surface area contributed by atoms with Gasteiger partial charge in [-0.25, -0.2) is 4.68 Å². The standard InChI is InChI=1S/C20H23N5O2/c1-13-12-14(2)25(23-13)17-8-6-16(7-9-17)18(26)22-20(10-4-5-11-20)19-21-15(3)27-24-19/h6-9,12H,4-5,10-11H2,1-3H3,(H,22,26). The van der Waals surface area contributed by atoms with Crippen LogP contribution in [0.1, 0.15) is 59.1 Å². The third-order valence-electron chi connectivity index (χ3n) is 5.15. The van der Waals surface area contributed by atoms with Gasteiger partial charge in [0, 0.05) is 18.2 Å². The van der Waals surface area contributed by atoms with E-state index in [1.54, 1.807) is 6.92 Å². The molecule has 7 heteroatoms. The zero-order valence-corrected chi connectivity index (χ0v) is 15.8. The number of carbonyl (C=O) groups is 1. The van der Waals surface area contributed by atoms with Crippen molar-refractivity contribution in [1.82, 2.24) is 25.2 Å². The number of aromatic nitrogens is 4. The lowest BCUT2D eigenvalue weighted by Crippen LogP contribution is -2.44. The second-order valence-corrected chi connectivity index (χ2v) is 7.27. The molecule has 3 aromatic rings. The zero-order valence-electron chi connectivity index (χ0n) is 15.8. The molecule has 0 bridgehead atoms. The van der Waals surface area contributed by atoms with Gasteiger partial charge in [-0.2, -0.15) is 10.1 Å². The fourth-order valence-corrected chi connectivity index (χ4v) is 3.81. The maximum Gasteiger partial charge on any atom is 0.252 e. The van der Waals surface area contributed by atoms with E-state index in [9.17, 15) is 4.79 Å². The van der Waals surface area contributed by atoms with Crippen molar-refractivity contribution in [2.45, 2.75) is 52.0 Å². The van der Waals surface area contributed by atoms with Crippen molar-refractivity contribution in [2.24, 2.45) is 0 Å². The molecule has 1 aliphatic rings. The molecule has 140 valence electrons. The van der Waals surface area contributed by atoms with E-state index in [1.165, 1.54) is 0 Å². The number of hydrogen-bond acceptors (Lipinski definition) is 5. The van der Waals surface area contributed by atoms with Crippen LogP contribution >= 0.6 is 0 Å². The molecule has 27 heavy (non-hydrogen) atoms. The Labute approximate surface area is 157 Å². The van der Waals surface area contributed by atoms with Crippen LogP contribution in [-0.4, -0.2) is 25.8 Å². The molecule has 4 rings (SSSR count). The average molecular weight is 365 g/mol. The molecule has 0 aliphatic heterocycles. The van der Waals surface area contributed by atoms with E-state index >= 15 is 0 Å². The molecule has 1 aromatic carbocycles. The van der Waals surface area contributed by atoms with Crippen molar-refractivity contribution in [3.8, 4) is 5.69 Å². The van der Waals surface area contributed by atoms with Crippen LogP contribution in [0.4, 0.5) is 0 Å². The van der Waals surface area contributed by atoms with Gasteiger partial charge in [-0.3, -0.25) is 4.79 Å². The SMILES string of the molecule is Cc1cc(C)n(-c2ccc(C(=O)NC3(c4noc(C)n4)CCCC3)cc2)n1. The third-order valence-corrected chi connectivity index (χ3v) is 5.15. The first-order valence-electron chi connectivity index (χ1n) is 9.24. The highest BCUT2D eigenvalue weighted by atomic mass is 16.5. The van der Waals surface area contributed by atoms with Gasteiger partial charge in [0.05, 0.1) is 11.4 Å². The number of rotatable bonds is 4. The van der Waals surface area contributed by atoms with Crippen molar-refractivity contribution in [3.63, 3.8) is 0 Å². The number of nitrogens with zero attached hydrogens (tertiary/aromatic N) is 4. The predicted octanol–water partition coefficient (Wildman–Crippen LogP) is 3.38. The normalized spacial score (nSPS) is 15.8.